The lowest BCUT2D eigenvalue weighted by molar-refractivity contribution is -0.133. The first-order valence-electron chi connectivity index (χ1n) is 9.47. The Balaban J connectivity index is 1.52. The second-order valence-electron chi connectivity index (χ2n) is 7.46. The molecule has 3 heterocycles. The second kappa shape index (κ2) is 8.41. The summed E-state index contributed by atoms with van der Waals surface area (Å²) in [6.45, 7) is 6.10. The molecule has 9 heteroatoms. The Morgan fingerprint density at radius 1 is 1.30 bits per heavy atom. The number of hydrogen-bond donors (Lipinski definition) is 1. The Morgan fingerprint density at radius 3 is 2.67 bits per heavy atom. The van der Waals surface area contributed by atoms with Crippen molar-refractivity contribution >= 4 is 23.7 Å². The predicted molar refractivity (Wildman–Crippen MR) is 98.1 cm³/mol. The first kappa shape index (κ1) is 19.2. The van der Waals surface area contributed by atoms with Gasteiger partial charge in [0.05, 0.1) is 18.8 Å². The van der Waals surface area contributed by atoms with Crippen LogP contribution in [-0.4, -0.2) is 70.3 Å². The predicted octanol–water partition coefficient (Wildman–Crippen LogP) is 1.48. The number of cyclic esters (lactones) is 1. The smallest absolute Gasteiger partial charge is 0.410 e. The summed E-state index contributed by atoms with van der Waals surface area (Å²) < 4.78 is 6.70. The van der Waals surface area contributed by atoms with Gasteiger partial charge >= 0.3 is 6.09 Å². The van der Waals surface area contributed by atoms with Crippen LogP contribution < -0.4 is 5.32 Å². The van der Waals surface area contributed by atoms with E-state index in [0.29, 0.717) is 44.4 Å². The van der Waals surface area contributed by atoms with E-state index in [1.54, 1.807) is 17.2 Å². The zero-order valence-electron chi connectivity index (χ0n) is 15.9. The molecule has 27 heavy (non-hydrogen) atoms. The zero-order valence-corrected chi connectivity index (χ0v) is 15.9. The number of nitrogens with zero attached hydrogens (tertiary/aromatic N) is 4. The molecule has 2 fully saturated rings. The third-order valence-corrected chi connectivity index (χ3v) is 4.87. The fourth-order valence-corrected chi connectivity index (χ4v) is 3.46. The quantitative estimate of drug-likeness (QED) is 0.810. The molecule has 0 unspecified atom stereocenters. The summed E-state index contributed by atoms with van der Waals surface area (Å²) in [5.41, 5.74) is 0. The number of ether oxygens (including phenoxy) is 1. The van der Waals surface area contributed by atoms with Crippen LogP contribution in [0.15, 0.2) is 12.3 Å². The number of hydrogen-bond acceptors (Lipinski definition) is 5. The average Bonchev–Trinajstić information content (AvgIpc) is 3.23. The fourth-order valence-electron chi connectivity index (χ4n) is 3.46. The van der Waals surface area contributed by atoms with E-state index in [-0.39, 0.29) is 24.4 Å². The highest BCUT2D eigenvalue weighted by molar-refractivity contribution is 5.90. The Bertz CT molecular complexity index is 694. The van der Waals surface area contributed by atoms with E-state index in [9.17, 15) is 14.4 Å². The van der Waals surface area contributed by atoms with Crippen LogP contribution in [0.2, 0.25) is 0 Å². The molecule has 0 saturated carbocycles. The Kier molecular flexibility index (Phi) is 5.98. The largest absolute Gasteiger partial charge is 0.448 e. The maximum absolute atomic E-state index is 12.4. The minimum absolute atomic E-state index is 0.0168. The van der Waals surface area contributed by atoms with Crippen LogP contribution in [0.4, 0.5) is 10.6 Å². The van der Waals surface area contributed by atoms with Gasteiger partial charge in [0, 0.05) is 25.6 Å². The number of rotatable bonds is 6. The Morgan fingerprint density at radius 2 is 2.04 bits per heavy atom. The van der Waals surface area contributed by atoms with E-state index in [2.05, 4.69) is 10.4 Å². The van der Waals surface area contributed by atoms with Gasteiger partial charge in [-0.1, -0.05) is 13.8 Å². The van der Waals surface area contributed by atoms with E-state index in [4.69, 9.17) is 4.74 Å². The van der Waals surface area contributed by atoms with Crippen molar-refractivity contribution in [2.45, 2.75) is 39.2 Å². The molecule has 0 bridgehead atoms. The zero-order chi connectivity index (χ0) is 19.4. The van der Waals surface area contributed by atoms with Crippen LogP contribution in [0.5, 0.6) is 0 Å². The van der Waals surface area contributed by atoms with Gasteiger partial charge in [0.25, 0.3) is 0 Å². The van der Waals surface area contributed by atoms with Gasteiger partial charge in [0.1, 0.15) is 19.0 Å². The van der Waals surface area contributed by atoms with Crippen LogP contribution >= 0.6 is 0 Å². The lowest BCUT2D eigenvalue weighted by Gasteiger charge is -2.33. The third kappa shape index (κ3) is 4.78. The van der Waals surface area contributed by atoms with Crippen molar-refractivity contribution in [3.05, 3.63) is 12.3 Å². The molecule has 1 N–H and O–H groups in total. The monoisotopic (exact) mass is 377 g/mol. The van der Waals surface area contributed by atoms with Gasteiger partial charge in [-0.3, -0.25) is 14.5 Å². The van der Waals surface area contributed by atoms with E-state index >= 15 is 0 Å². The molecule has 0 radical (unpaired) electrons. The molecule has 1 aromatic rings. The number of aromatic nitrogens is 2. The van der Waals surface area contributed by atoms with Gasteiger partial charge in [-0.15, -0.1) is 0 Å². The molecule has 2 saturated heterocycles. The number of nitrogens with one attached hydrogen (secondary N) is 1. The Hall–Kier alpha value is -2.58. The van der Waals surface area contributed by atoms with Crippen molar-refractivity contribution in [1.29, 1.82) is 0 Å². The van der Waals surface area contributed by atoms with Gasteiger partial charge in [-0.25, -0.2) is 9.48 Å². The van der Waals surface area contributed by atoms with Crippen LogP contribution in [0.25, 0.3) is 0 Å². The summed E-state index contributed by atoms with van der Waals surface area (Å²) in [5, 5.41) is 7.29. The molecule has 3 rings (SSSR count). The molecule has 2 aliphatic heterocycles. The van der Waals surface area contributed by atoms with E-state index in [1.165, 1.54) is 4.90 Å². The first-order valence-corrected chi connectivity index (χ1v) is 9.47. The molecule has 3 amide bonds. The van der Waals surface area contributed by atoms with E-state index in [0.717, 1.165) is 12.8 Å². The van der Waals surface area contributed by atoms with Crippen LogP contribution in [0.3, 0.4) is 0 Å². The summed E-state index contributed by atoms with van der Waals surface area (Å²) in [7, 11) is 0. The van der Waals surface area contributed by atoms with E-state index in [1.807, 2.05) is 18.5 Å². The summed E-state index contributed by atoms with van der Waals surface area (Å²) in [4.78, 5) is 39.1. The number of piperidine rings is 1. The van der Waals surface area contributed by atoms with Crippen molar-refractivity contribution < 1.29 is 19.1 Å². The second-order valence-corrected chi connectivity index (χ2v) is 7.46. The molecule has 0 aliphatic carbocycles. The maximum Gasteiger partial charge on any atom is 0.410 e. The highest BCUT2D eigenvalue weighted by Gasteiger charge is 2.29. The van der Waals surface area contributed by atoms with Gasteiger partial charge in [0.15, 0.2) is 0 Å². The van der Waals surface area contributed by atoms with Crippen LogP contribution in [-0.2, 0) is 14.3 Å². The SMILES string of the molecule is CC(C)CC(=O)Nc1ccnn1C1CCN(C(=O)CN2CCOC2=O)CC1. The topological polar surface area (TPSA) is 96.8 Å². The fraction of sp³-hybridized carbons (Fsp3) is 0.667. The van der Waals surface area contributed by atoms with Crippen molar-refractivity contribution in [1.82, 2.24) is 19.6 Å². The third-order valence-electron chi connectivity index (χ3n) is 4.87. The summed E-state index contributed by atoms with van der Waals surface area (Å²) in [6.07, 6.45) is 3.24. The highest BCUT2D eigenvalue weighted by Crippen LogP contribution is 2.25. The number of anilines is 1. The number of carbonyl (C=O) groups excluding carboxylic acids is 3. The molecule has 9 nitrogen and oxygen atoms in total. The molecule has 0 spiro atoms. The van der Waals surface area contributed by atoms with Crippen molar-refractivity contribution in [3.63, 3.8) is 0 Å². The Labute approximate surface area is 158 Å². The first-order chi connectivity index (χ1) is 12.9. The van der Waals surface area contributed by atoms with Crippen molar-refractivity contribution in [2.75, 3.05) is 38.1 Å². The van der Waals surface area contributed by atoms with Crippen molar-refractivity contribution in [2.24, 2.45) is 5.92 Å². The van der Waals surface area contributed by atoms with Gasteiger partial charge in [-0.2, -0.15) is 5.10 Å². The molecular formula is C18H27N5O4. The lowest BCUT2D eigenvalue weighted by Crippen LogP contribution is -2.44. The normalized spacial score (nSPS) is 18.1. The number of likely N-dealkylation sites (tertiary alicyclic amines) is 1. The molecule has 0 aromatic carbocycles. The number of amides is 3. The standard InChI is InChI=1S/C18H27N5O4/c1-13(2)11-16(24)20-15-3-6-19-23(15)14-4-7-21(8-5-14)17(25)12-22-9-10-27-18(22)26/h3,6,13-14H,4-5,7-12H2,1-2H3,(H,20,24). The minimum Gasteiger partial charge on any atom is -0.448 e. The van der Waals surface area contributed by atoms with Crippen LogP contribution in [0.1, 0.15) is 39.2 Å². The van der Waals surface area contributed by atoms with Crippen molar-refractivity contribution in [3.8, 4) is 0 Å². The highest BCUT2D eigenvalue weighted by atomic mass is 16.6. The molecule has 1 aromatic heterocycles. The summed E-state index contributed by atoms with van der Waals surface area (Å²) in [6, 6.07) is 1.93. The van der Waals surface area contributed by atoms with Gasteiger partial charge < -0.3 is 15.0 Å². The van der Waals surface area contributed by atoms with Gasteiger partial charge in [-0.05, 0) is 18.8 Å². The molecule has 0 atom stereocenters. The summed E-state index contributed by atoms with van der Waals surface area (Å²) in [5.74, 6) is 0.920. The molecule has 2 aliphatic rings. The minimum atomic E-state index is -0.420. The number of carbonyl (C=O) groups is 3. The maximum atomic E-state index is 12.4. The summed E-state index contributed by atoms with van der Waals surface area (Å²) >= 11 is 0. The van der Waals surface area contributed by atoms with E-state index < -0.39 is 6.09 Å². The van der Waals surface area contributed by atoms with Crippen LogP contribution in [0, 0.1) is 5.92 Å². The molecular weight excluding hydrogens is 350 g/mol. The van der Waals surface area contributed by atoms with Gasteiger partial charge in [0.2, 0.25) is 11.8 Å². The molecule has 148 valence electrons. The lowest BCUT2D eigenvalue weighted by atomic mass is 10.1. The average molecular weight is 377 g/mol.